The highest BCUT2D eigenvalue weighted by Gasteiger charge is 2.17. The Morgan fingerprint density at radius 3 is 2.89 bits per heavy atom. The summed E-state index contributed by atoms with van der Waals surface area (Å²) in [5.41, 5.74) is 12.6. The summed E-state index contributed by atoms with van der Waals surface area (Å²) in [7, 11) is 0. The van der Waals surface area contributed by atoms with Crippen molar-refractivity contribution in [1.82, 2.24) is 14.5 Å². The summed E-state index contributed by atoms with van der Waals surface area (Å²) >= 11 is 1.21. The average Bonchev–Trinajstić information content (AvgIpc) is 2.96. The third-order valence-electron chi connectivity index (χ3n) is 2.88. The maximum Gasteiger partial charge on any atom is 0.260 e. The Morgan fingerprint density at radius 1 is 1.47 bits per heavy atom. The van der Waals surface area contributed by atoms with E-state index in [9.17, 15) is 4.79 Å². The van der Waals surface area contributed by atoms with E-state index >= 15 is 0 Å². The standard InChI is InChI=1S/C12H11N5OS/c1-6-4-7(17-3-2-15-5-17)16-12-8(6)9(13)10(19-12)11(14)18/h2-5H,13H2,1H3,(H2,14,18). The van der Waals surface area contributed by atoms with Crippen molar-refractivity contribution in [2.24, 2.45) is 5.73 Å². The van der Waals surface area contributed by atoms with Crippen LogP contribution < -0.4 is 11.5 Å². The van der Waals surface area contributed by atoms with Crippen molar-refractivity contribution in [3.63, 3.8) is 0 Å². The SMILES string of the molecule is Cc1cc(-n2ccnc2)nc2sc(C(N)=O)c(N)c12. The Bertz CT molecular complexity index is 775. The average molecular weight is 273 g/mol. The second-order valence-electron chi connectivity index (χ2n) is 4.16. The van der Waals surface area contributed by atoms with Gasteiger partial charge in [0.15, 0.2) is 0 Å². The molecule has 0 spiro atoms. The molecule has 0 aliphatic heterocycles. The first kappa shape index (κ1) is 11.7. The van der Waals surface area contributed by atoms with Crippen LogP contribution in [-0.4, -0.2) is 20.4 Å². The topological polar surface area (TPSA) is 99.8 Å². The first-order chi connectivity index (χ1) is 9.08. The van der Waals surface area contributed by atoms with E-state index in [4.69, 9.17) is 11.5 Å². The number of nitrogens with zero attached hydrogens (tertiary/aromatic N) is 3. The number of pyridine rings is 1. The number of nitrogen functional groups attached to an aromatic ring is 1. The van der Waals surface area contributed by atoms with Crippen LogP contribution in [-0.2, 0) is 0 Å². The van der Waals surface area contributed by atoms with E-state index in [1.54, 1.807) is 23.3 Å². The third kappa shape index (κ3) is 1.75. The van der Waals surface area contributed by atoms with Crippen molar-refractivity contribution in [3.05, 3.63) is 35.2 Å². The summed E-state index contributed by atoms with van der Waals surface area (Å²) in [5.74, 6) is 0.212. The molecule has 1 amide bonds. The minimum Gasteiger partial charge on any atom is -0.397 e. The fraction of sp³-hybridized carbons (Fsp3) is 0.0833. The number of aromatic nitrogens is 3. The van der Waals surface area contributed by atoms with Crippen LogP contribution in [0.2, 0.25) is 0 Å². The van der Waals surface area contributed by atoms with Gasteiger partial charge in [-0.3, -0.25) is 9.36 Å². The van der Waals surface area contributed by atoms with Gasteiger partial charge in [-0.05, 0) is 18.6 Å². The molecule has 0 radical (unpaired) electrons. The van der Waals surface area contributed by atoms with Crippen LogP contribution in [0.15, 0.2) is 24.8 Å². The summed E-state index contributed by atoms with van der Waals surface area (Å²) in [6.07, 6.45) is 5.15. The summed E-state index contributed by atoms with van der Waals surface area (Å²) in [6, 6.07) is 1.90. The van der Waals surface area contributed by atoms with E-state index in [2.05, 4.69) is 9.97 Å². The number of imidazole rings is 1. The van der Waals surface area contributed by atoms with Gasteiger partial charge in [-0.25, -0.2) is 9.97 Å². The van der Waals surface area contributed by atoms with Gasteiger partial charge >= 0.3 is 0 Å². The molecule has 0 saturated heterocycles. The first-order valence-corrected chi connectivity index (χ1v) is 6.37. The number of primary amides is 1. The molecule has 96 valence electrons. The van der Waals surface area contributed by atoms with Crippen LogP contribution >= 0.6 is 11.3 Å². The van der Waals surface area contributed by atoms with Crippen LogP contribution in [0, 0.1) is 6.92 Å². The molecule has 0 aromatic carbocycles. The Balaban J connectivity index is 2.30. The molecular weight excluding hydrogens is 262 g/mol. The lowest BCUT2D eigenvalue weighted by molar-refractivity contribution is 0.100. The molecule has 0 aliphatic rings. The molecule has 7 heteroatoms. The second kappa shape index (κ2) is 4.06. The summed E-state index contributed by atoms with van der Waals surface area (Å²) in [6.45, 7) is 1.93. The molecule has 3 aromatic rings. The molecule has 4 N–H and O–H groups in total. The summed E-state index contributed by atoms with van der Waals surface area (Å²) < 4.78 is 1.80. The molecule has 0 bridgehead atoms. The maximum absolute atomic E-state index is 11.3. The number of carbonyl (C=O) groups is 1. The van der Waals surface area contributed by atoms with Crippen molar-refractivity contribution in [1.29, 1.82) is 0 Å². The minimum absolute atomic E-state index is 0.355. The van der Waals surface area contributed by atoms with Crippen molar-refractivity contribution < 1.29 is 4.79 Å². The largest absolute Gasteiger partial charge is 0.397 e. The highest BCUT2D eigenvalue weighted by atomic mass is 32.1. The predicted molar refractivity (Wildman–Crippen MR) is 74.4 cm³/mol. The lowest BCUT2D eigenvalue weighted by atomic mass is 10.1. The van der Waals surface area contributed by atoms with Gasteiger partial charge in [0.05, 0.1) is 5.69 Å². The quantitative estimate of drug-likeness (QED) is 0.738. The number of carbonyl (C=O) groups excluding carboxylic acids is 1. The number of fused-ring (bicyclic) bond motifs is 1. The molecule has 3 heterocycles. The molecule has 3 aromatic heterocycles. The van der Waals surface area contributed by atoms with Crippen LogP contribution in [0.5, 0.6) is 0 Å². The summed E-state index contributed by atoms with van der Waals surface area (Å²) in [4.78, 5) is 20.9. The molecule has 19 heavy (non-hydrogen) atoms. The molecule has 0 fully saturated rings. The van der Waals surface area contributed by atoms with Crippen molar-refractivity contribution in [2.75, 3.05) is 5.73 Å². The maximum atomic E-state index is 11.3. The van der Waals surface area contributed by atoms with Crippen LogP contribution in [0.25, 0.3) is 16.0 Å². The zero-order valence-corrected chi connectivity index (χ0v) is 10.9. The highest BCUT2D eigenvalue weighted by Crippen LogP contribution is 2.35. The Kier molecular flexibility index (Phi) is 2.49. The molecule has 0 aliphatic carbocycles. The second-order valence-corrected chi connectivity index (χ2v) is 5.16. The zero-order chi connectivity index (χ0) is 13.6. The van der Waals surface area contributed by atoms with Gasteiger partial charge in [-0.2, -0.15) is 0 Å². The Labute approximate surface area is 112 Å². The van der Waals surface area contributed by atoms with Gasteiger partial charge in [-0.15, -0.1) is 11.3 Å². The number of hydrogen-bond acceptors (Lipinski definition) is 5. The first-order valence-electron chi connectivity index (χ1n) is 5.55. The van der Waals surface area contributed by atoms with E-state index in [0.717, 1.165) is 16.8 Å². The summed E-state index contributed by atoms with van der Waals surface area (Å²) in [5, 5.41) is 0.794. The van der Waals surface area contributed by atoms with Crippen LogP contribution in [0.3, 0.4) is 0 Å². The van der Waals surface area contributed by atoms with Gasteiger partial charge in [0.2, 0.25) is 0 Å². The predicted octanol–water partition coefficient (Wildman–Crippen LogP) is 1.47. The van der Waals surface area contributed by atoms with Gasteiger partial charge in [0.1, 0.15) is 21.9 Å². The lowest BCUT2D eigenvalue weighted by Crippen LogP contribution is -2.10. The number of nitrogens with two attached hydrogens (primary N) is 2. The number of rotatable bonds is 2. The van der Waals surface area contributed by atoms with E-state index in [-0.39, 0.29) is 0 Å². The van der Waals surface area contributed by atoms with Gasteiger partial charge in [0, 0.05) is 17.8 Å². The molecular formula is C12H11N5OS. The fourth-order valence-corrected chi connectivity index (χ4v) is 3.02. The third-order valence-corrected chi connectivity index (χ3v) is 3.99. The molecule has 6 nitrogen and oxygen atoms in total. The van der Waals surface area contributed by atoms with E-state index in [1.165, 1.54) is 11.3 Å². The molecule has 3 rings (SSSR count). The normalized spacial score (nSPS) is 11.0. The van der Waals surface area contributed by atoms with E-state index < -0.39 is 5.91 Å². The number of aryl methyl sites for hydroxylation is 1. The number of thiophene rings is 1. The smallest absolute Gasteiger partial charge is 0.260 e. The number of anilines is 1. The van der Waals surface area contributed by atoms with Crippen LogP contribution in [0.4, 0.5) is 5.69 Å². The minimum atomic E-state index is -0.524. The molecule has 0 unspecified atom stereocenters. The van der Waals surface area contributed by atoms with E-state index in [0.29, 0.717) is 15.4 Å². The number of amides is 1. The number of hydrogen-bond donors (Lipinski definition) is 2. The molecule has 0 atom stereocenters. The molecule has 0 saturated carbocycles. The fourth-order valence-electron chi connectivity index (χ4n) is 2.00. The van der Waals surface area contributed by atoms with Gasteiger partial charge in [-0.1, -0.05) is 0 Å². The monoisotopic (exact) mass is 273 g/mol. The Hall–Kier alpha value is -2.41. The highest BCUT2D eigenvalue weighted by molar-refractivity contribution is 7.21. The van der Waals surface area contributed by atoms with Gasteiger partial charge < -0.3 is 11.5 Å². The van der Waals surface area contributed by atoms with Crippen molar-refractivity contribution in [3.8, 4) is 5.82 Å². The van der Waals surface area contributed by atoms with Gasteiger partial charge in [0.25, 0.3) is 5.91 Å². The van der Waals surface area contributed by atoms with Crippen molar-refractivity contribution >= 4 is 33.1 Å². The lowest BCUT2D eigenvalue weighted by Gasteiger charge is -2.04. The van der Waals surface area contributed by atoms with E-state index in [1.807, 2.05) is 13.0 Å². The Morgan fingerprint density at radius 2 is 2.26 bits per heavy atom. The zero-order valence-electron chi connectivity index (χ0n) is 10.1. The van der Waals surface area contributed by atoms with Crippen LogP contribution in [0.1, 0.15) is 15.2 Å². The van der Waals surface area contributed by atoms with Crippen molar-refractivity contribution in [2.45, 2.75) is 6.92 Å².